The van der Waals surface area contributed by atoms with Gasteiger partial charge in [-0.05, 0) is 31.2 Å². The summed E-state index contributed by atoms with van der Waals surface area (Å²) in [6, 6.07) is 9.54. The van der Waals surface area contributed by atoms with E-state index in [1.54, 1.807) is 11.1 Å². The smallest absolute Gasteiger partial charge is 0.124 e. The Kier molecular flexibility index (Phi) is 23.8. The van der Waals surface area contributed by atoms with Crippen molar-refractivity contribution in [3.05, 3.63) is 35.4 Å². The van der Waals surface area contributed by atoms with Gasteiger partial charge in [-0.25, -0.2) is 0 Å². The molecule has 1 heteroatoms. The van der Waals surface area contributed by atoms with E-state index in [9.17, 15) is 0 Å². The van der Waals surface area contributed by atoms with Gasteiger partial charge in [-0.2, -0.15) is 0 Å². The van der Waals surface area contributed by atoms with Gasteiger partial charge in [-0.3, -0.25) is 0 Å². The van der Waals surface area contributed by atoms with E-state index in [2.05, 4.69) is 66.1 Å². The Morgan fingerprint density at radius 1 is 0.452 bits per heavy atom. The van der Waals surface area contributed by atoms with Crippen LogP contribution >= 0.6 is 0 Å². The molecule has 0 amide bonds. The highest BCUT2D eigenvalue weighted by atomic mass is 15.4. The number of benzene rings is 1. The molecular formula is C41H78N+. The Morgan fingerprint density at radius 3 is 1.21 bits per heavy atom. The molecule has 0 bridgehead atoms. The van der Waals surface area contributed by atoms with Crippen molar-refractivity contribution in [2.75, 3.05) is 20.6 Å². The predicted molar refractivity (Wildman–Crippen MR) is 192 cm³/mol. The van der Waals surface area contributed by atoms with Gasteiger partial charge in [0.2, 0.25) is 0 Å². The number of hydrogen-bond acceptors (Lipinski definition) is 0. The summed E-state index contributed by atoms with van der Waals surface area (Å²) >= 11 is 0. The number of nitrogens with zero attached hydrogens (tertiary/aromatic N) is 1. The first kappa shape index (κ1) is 39.2. The van der Waals surface area contributed by atoms with E-state index in [4.69, 9.17) is 0 Å². The Morgan fingerprint density at radius 2 is 0.810 bits per heavy atom. The SMILES string of the molecule is CCCCCCCCCCCCCCCC[N+](C)(C)C(CC)(CC)c1ccccc1CCCCCCCCCCCC. The Bertz CT molecular complexity index is 715. The second-order valence-electron chi connectivity index (χ2n) is 14.3. The molecule has 0 saturated heterocycles. The van der Waals surface area contributed by atoms with Gasteiger partial charge < -0.3 is 4.48 Å². The highest BCUT2D eigenvalue weighted by molar-refractivity contribution is 5.33. The molecule has 0 aromatic heterocycles. The third kappa shape index (κ3) is 15.8. The molecule has 1 nitrogen and oxygen atoms in total. The second-order valence-corrected chi connectivity index (χ2v) is 14.3. The molecule has 0 aliphatic carbocycles. The van der Waals surface area contributed by atoms with Crippen LogP contribution in [-0.2, 0) is 12.0 Å². The topological polar surface area (TPSA) is 0 Å². The zero-order valence-electron chi connectivity index (χ0n) is 30.1. The average molecular weight is 585 g/mol. The molecule has 0 fully saturated rings. The summed E-state index contributed by atoms with van der Waals surface area (Å²) in [5.74, 6) is 0. The summed E-state index contributed by atoms with van der Waals surface area (Å²) in [7, 11) is 5.07. The first-order valence-electron chi connectivity index (χ1n) is 19.4. The molecule has 0 aliphatic rings. The van der Waals surface area contributed by atoms with Crippen LogP contribution in [0.25, 0.3) is 0 Å². The van der Waals surface area contributed by atoms with Gasteiger partial charge in [0.15, 0.2) is 0 Å². The van der Waals surface area contributed by atoms with Crippen molar-refractivity contribution in [2.24, 2.45) is 0 Å². The molecule has 1 aromatic rings. The fraction of sp³-hybridized carbons (Fsp3) is 0.854. The standard InChI is InChI=1S/C41H78N/c1-7-11-13-15-17-19-21-22-23-24-26-28-30-34-38-42(5,6)41(9-3,10-4)40-37-33-32-36-39(40)35-31-29-27-25-20-18-16-14-12-8-2/h32-33,36-37H,7-31,34-35,38H2,1-6H3/q+1. The molecule has 0 N–H and O–H groups in total. The normalized spacial score (nSPS) is 12.3. The van der Waals surface area contributed by atoms with E-state index in [0.29, 0.717) is 0 Å². The largest absolute Gasteiger partial charge is 0.320 e. The molecule has 0 atom stereocenters. The summed E-state index contributed by atoms with van der Waals surface area (Å²) in [5, 5.41) is 0. The first-order valence-corrected chi connectivity index (χ1v) is 19.4. The highest BCUT2D eigenvalue weighted by Gasteiger charge is 2.44. The third-order valence-electron chi connectivity index (χ3n) is 10.7. The van der Waals surface area contributed by atoms with E-state index in [0.717, 1.165) is 4.48 Å². The summed E-state index contributed by atoms with van der Waals surface area (Å²) < 4.78 is 1.13. The lowest BCUT2D eigenvalue weighted by Crippen LogP contribution is -2.57. The molecule has 0 unspecified atom stereocenters. The lowest BCUT2D eigenvalue weighted by molar-refractivity contribution is -0.951. The number of quaternary nitrogens is 1. The van der Waals surface area contributed by atoms with Crippen molar-refractivity contribution in [1.82, 2.24) is 0 Å². The van der Waals surface area contributed by atoms with E-state index < -0.39 is 0 Å². The summed E-state index contributed by atoms with van der Waals surface area (Å²) in [6.45, 7) is 10.8. The quantitative estimate of drug-likeness (QED) is 0.0623. The van der Waals surface area contributed by atoms with Gasteiger partial charge in [0.1, 0.15) is 5.54 Å². The third-order valence-corrected chi connectivity index (χ3v) is 10.7. The summed E-state index contributed by atoms with van der Waals surface area (Å²) in [4.78, 5) is 0. The van der Waals surface area contributed by atoms with Crippen LogP contribution in [0, 0.1) is 0 Å². The maximum Gasteiger partial charge on any atom is 0.124 e. The maximum absolute atomic E-state index is 2.53. The summed E-state index contributed by atoms with van der Waals surface area (Å²) in [6.07, 6.45) is 38.0. The highest BCUT2D eigenvalue weighted by Crippen LogP contribution is 2.41. The lowest BCUT2D eigenvalue weighted by Gasteiger charge is -2.49. The van der Waals surface area contributed by atoms with Crippen LogP contribution < -0.4 is 0 Å². The van der Waals surface area contributed by atoms with Crippen LogP contribution in [-0.4, -0.2) is 25.1 Å². The predicted octanol–water partition coefficient (Wildman–Crippen LogP) is 13.7. The van der Waals surface area contributed by atoms with Crippen LogP contribution in [0.15, 0.2) is 24.3 Å². The minimum Gasteiger partial charge on any atom is -0.320 e. The zero-order valence-corrected chi connectivity index (χ0v) is 30.1. The fourth-order valence-electron chi connectivity index (χ4n) is 7.72. The van der Waals surface area contributed by atoms with Crippen LogP contribution in [0.1, 0.15) is 206 Å². The lowest BCUT2D eigenvalue weighted by atomic mass is 9.77. The monoisotopic (exact) mass is 585 g/mol. The van der Waals surface area contributed by atoms with Crippen LogP contribution in [0.3, 0.4) is 0 Å². The minimum atomic E-state index is 0.228. The van der Waals surface area contributed by atoms with Gasteiger partial charge >= 0.3 is 0 Å². The number of rotatable bonds is 30. The molecule has 246 valence electrons. The molecule has 0 radical (unpaired) electrons. The molecule has 1 rings (SSSR count). The minimum absolute atomic E-state index is 0.228. The van der Waals surface area contributed by atoms with Crippen molar-refractivity contribution in [1.29, 1.82) is 0 Å². The van der Waals surface area contributed by atoms with Gasteiger partial charge in [0.05, 0.1) is 20.6 Å². The molecule has 0 heterocycles. The van der Waals surface area contributed by atoms with Gasteiger partial charge in [0.25, 0.3) is 0 Å². The van der Waals surface area contributed by atoms with E-state index >= 15 is 0 Å². The van der Waals surface area contributed by atoms with Crippen LogP contribution in [0.4, 0.5) is 0 Å². The molecule has 0 spiro atoms. The molecule has 0 aliphatic heterocycles. The van der Waals surface area contributed by atoms with E-state index in [1.807, 2.05) is 0 Å². The van der Waals surface area contributed by atoms with Crippen LogP contribution in [0.2, 0.25) is 0 Å². The van der Waals surface area contributed by atoms with Crippen molar-refractivity contribution < 1.29 is 4.48 Å². The second kappa shape index (κ2) is 25.5. The van der Waals surface area contributed by atoms with Gasteiger partial charge in [0, 0.05) is 18.4 Å². The molecule has 42 heavy (non-hydrogen) atoms. The number of unbranched alkanes of at least 4 members (excludes halogenated alkanes) is 22. The molecule has 0 saturated carbocycles. The average Bonchev–Trinajstić information content (AvgIpc) is 2.99. The Hall–Kier alpha value is -0.820. The molecule has 1 aromatic carbocycles. The Balaban J connectivity index is 2.42. The number of hydrogen-bond donors (Lipinski definition) is 0. The molecular weight excluding hydrogens is 506 g/mol. The van der Waals surface area contributed by atoms with Crippen molar-refractivity contribution in [3.8, 4) is 0 Å². The fourth-order valence-corrected chi connectivity index (χ4v) is 7.72. The maximum atomic E-state index is 2.53. The Labute approximate surface area is 266 Å². The van der Waals surface area contributed by atoms with Crippen molar-refractivity contribution in [2.45, 2.75) is 207 Å². The van der Waals surface area contributed by atoms with Crippen molar-refractivity contribution in [3.63, 3.8) is 0 Å². The van der Waals surface area contributed by atoms with E-state index in [1.165, 1.54) is 180 Å². The van der Waals surface area contributed by atoms with Crippen molar-refractivity contribution >= 4 is 0 Å². The summed E-state index contributed by atoms with van der Waals surface area (Å²) in [5.41, 5.74) is 3.51. The van der Waals surface area contributed by atoms with Gasteiger partial charge in [-0.15, -0.1) is 0 Å². The zero-order chi connectivity index (χ0) is 30.8. The number of aryl methyl sites for hydroxylation is 1. The van der Waals surface area contributed by atoms with E-state index in [-0.39, 0.29) is 5.54 Å². The van der Waals surface area contributed by atoms with Crippen LogP contribution in [0.5, 0.6) is 0 Å². The first-order chi connectivity index (χ1) is 20.5. The van der Waals surface area contributed by atoms with Gasteiger partial charge in [-0.1, -0.05) is 187 Å².